The molecule has 0 saturated carbocycles. The van der Waals surface area contributed by atoms with E-state index in [0.717, 1.165) is 15.1 Å². The Morgan fingerprint density at radius 1 is 1.09 bits per heavy atom. The average Bonchev–Trinajstić information content (AvgIpc) is 2.89. The fourth-order valence-electron chi connectivity index (χ4n) is 1.76. The third-order valence-corrected chi connectivity index (χ3v) is 6.11. The minimum Gasteiger partial charge on any atom is -0.490 e. The molecule has 0 fully saturated rings. The Morgan fingerprint density at radius 2 is 1.77 bits per heavy atom. The summed E-state index contributed by atoms with van der Waals surface area (Å²) in [6, 6.07) is 8.21. The van der Waals surface area contributed by atoms with Crippen molar-refractivity contribution < 1.29 is 17.9 Å². The first-order valence-electron chi connectivity index (χ1n) is 6.64. The quantitative estimate of drug-likeness (QED) is 0.752. The highest BCUT2D eigenvalue weighted by atomic mass is 79.9. The van der Waals surface area contributed by atoms with Crippen LogP contribution in [-0.4, -0.2) is 21.6 Å². The molecule has 0 radical (unpaired) electrons. The van der Waals surface area contributed by atoms with Crippen LogP contribution in [-0.2, 0) is 10.0 Å². The van der Waals surface area contributed by atoms with E-state index in [4.69, 9.17) is 9.47 Å². The van der Waals surface area contributed by atoms with Crippen molar-refractivity contribution in [3.05, 3.63) is 34.1 Å². The van der Waals surface area contributed by atoms with Gasteiger partial charge < -0.3 is 9.47 Å². The lowest BCUT2D eigenvalue weighted by Crippen LogP contribution is -2.11. The monoisotopic (exact) mass is 405 g/mol. The van der Waals surface area contributed by atoms with Gasteiger partial charge in [0.1, 0.15) is 4.21 Å². The van der Waals surface area contributed by atoms with Gasteiger partial charge in [-0.1, -0.05) is 0 Å². The molecule has 0 aliphatic rings. The maximum absolute atomic E-state index is 12.3. The highest BCUT2D eigenvalue weighted by Gasteiger charge is 2.17. The van der Waals surface area contributed by atoms with Crippen LogP contribution in [0.5, 0.6) is 11.5 Å². The van der Waals surface area contributed by atoms with Gasteiger partial charge in [-0.25, -0.2) is 8.42 Å². The van der Waals surface area contributed by atoms with Crippen molar-refractivity contribution in [1.29, 1.82) is 0 Å². The molecule has 1 N–H and O–H groups in total. The van der Waals surface area contributed by atoms with Crippen LogP contribution in [0.15, 0.2) is 38.3 Å². The van der Waals surface area contributed by atoms with Gasteiger partial charge in [0.15, 0.2) is 11.5 Å². The zero-order valence-corrected chi connectivity index (χ0v) is 15.3. The number of anilines is 1. The zero-order valence-electron chi connectivity index (χ0n) is 12.1. The molecule has 0 bridgehead atoms. The van der Waals surface area contributed by atoms with Crippen LogP contribution in [0.2, 0.25) is 0 Å². The molecule has 0 spiro atoms. The van der Waals surface area contributed by atoms with Crippen molar-refractivity contribution in [2.45, 2.75) is 18.1 Å². The topological polar surface area (TPSA) is 64.6 Å². The van der Waals surface area contributed by atoms with Crippen LogP contribution < -0.4 is 14.2 Å². The summed E-state index contributed by atoms with van der Waals surface area (Å²) in [5.41, 5.74) is 0.427. The fourth-order valence-corrected chi connectivity index (χ4v) is 4.82. The molecule has 0 aliphatic heterocycles. The molecule has 1 aromatic carbocycles. The van der Waals surface area contributed by atoms with Crippen molar-refractivity contribution in [2.75, 3.05) is 17.9 Å². The highest BCUT2D eigenvalue weighted by molar-refractivity contribution is 9.11. The van der Waals surface area contributed by atoms with Gasteiger partial charge in [0.2, 0.25) is 0 Å². The molecule has 120 valence electrons. The average molecular weight is 406 g/mol. The van der Waals surface area contributed by atoms with Gasteiger partial charge in [-0.3, -0.25) is 4.72 Å². The van der Waals surface area contributed by atoms with Crippen molar-refractivity contribution in [3.63, 3.8) is 0 Å². The van der Waals surface area contributed by atoms with E-state index >= 15 is 0 Å². The van der Waals surface area contributed by atoms with Crippen LogP contribution in [0, 0.1) is 0 Å². The molecule has 8 heteroatoms. The Labute approximate surface area is 142 Å². The summed E-state index contributed by atoms with van der Waals surface area (Å²) in [4.78, 5) is 0. The van der Waals surface area contributed by atoms with E-state index in [-0.39, 0.29) is 4.21 Å². The van der Waals surface area contributed by atoms with Crippen molar-refractivity contribution >= 4 is 43.0 Å². The fraction of sp³-hybridized carbons (Fsp3) is 0.286. The Balaban J connectivity index is 2.27. The Hall–Kier alpha value is -1.25. The highest BCUT2D eigenvalue weighted by Crippen LogP contribution is 2.33. The molecular formula is C14H16BrNO4S2. The normalized spacial score (nSPS) is 11.2. The number of sulfonamides is 1. The molecule has 1 aromatic heterocycles. The van der Waals surface area contributed by atoms with Crippen molar-refractivity contribution in [3.8, 4) is 11.5 Å². The smallest absolute Gasteiger partial charge is 0.271 e. The molecule has 2 aromatic rings. The Kier molecular flexibility index (Phi) is 5.71. The Morgan fingerprint density at radius 3 is 2.36 bits per heavy atom. The molecule has 0 aliphatic carbocycles. The van der Waals surface area contributed by atoms with E-state index in [1.165, 1.54) is 0 Å². The van der Waals surface area contributed by atoms with Crippen LogP contribution in [0.25, 0.3) is 0 Å². The van der Waals surface area contributed by atoms with Gasteiger partial charge in [-0.2, -0.15) is 0 Å². The second-order valence-corrected chi connectivity index (χ2v) is 8.56. The SMILES string of the molecule is CCOc1ccc(NS(=O)(=O)c2ccc(Br)s2)cc1OCC. The largest absolute Gasteiger partial charge is 0.490 e. The molecule has 0 atom stereocenters. The first-order chi connectivity index (χ1) is 10.5. The summed E-state index contributed by atoms with van der Waals surface area (Å²) in [6.07, 6.45) is 0. The van der Waals surface area contributed by atoms with Gasteiger partial charge in [-0.15, -0.1) is 11.3 Å². The summed E-state index contributed by atoms with van der Waals surface area (Å²) in [6.45, 7) is 4.71. The van der Waals surface area contributed by atoms with Gasteiger partial charge in [-0.05, 0) is 54.0 Å². The summed E-state index contributed by atoms with van der Waals surface area (Å²) in [5, 5.41) is 0. The maximum atomic E-state index is 12.3. The molecule has 0 unspecified atom stereocenters. The molecule has 0 amide bonds. The third kappa shape index (κ3) is 4.15. The number of thiophene rings is 1. The lowest BCUT2D eigenvalue weighted by Gasteiger charge is -2.13. The van der Waals surface area contributed by atoms with E-state index in [1.54, 1.807) is 30.3 Å². The van der Waals surface area contributed by atoms with E-state index in [1.807, 2.05) is 13.8 Å². The second-order valence-electron chi connectivity index (χ2n) is 4.19. The summed E-state index contributed by atoms with van der Waals surface area (Å²) in [5.74, 6) is 1.10. The lowest BCUT2D eigenvalue weighted by atomic mass is 10.3. The number of hydrogen-bond acceptors (Lipinski definition) is 5. The summed E-state index contributed by atoms with van der Waals surface area (Å²) >= 11 is 4.41. The first-order valence-corrected chi connectivity index (χ1v) is 9.73. The van der Waals surface area contributed by atoms with Gasteiger partial charge in [0, 0.05) is 6.07 Å². The van der Waals surface area contributed by atoms with Gasteiger partial charge in [0.25, 0.3) is 10.0 Å². The molecule has 0 saturated heterocycles. The standard InChI is InChI=1S/C14H16BrNO4S2/c1-3-19-11-6-5-10(9-12(11)20-4-2)16-22(17,18)14-8-7-13(15)21-14/h5-9,16H,3-4H2,1-2H3. The predicted molar refractivity (Wildman–Crippen MR) is 91.6 cm³/mol. The number of benzene rings is 1. The number of hydrogen-bond donors (Lipinski definition) is 1. The molecular weight excluding hydrogens is 390 g/mol. The number of ether oxygens (including phenoxy) is 2. The van der Waals surface area contributed by atoms with Crippen LogP contribution in [0.1, 0.15) is 13.8 Å². The second kappa shape index (κ2) is 7.34. The predicted octanol–water partition coefficient (Wildman–Crippen LogP) is 4.11. The summed E-state index contributed by atoms with van der Waals surface area (Å²) in [7, 11) is -3.61. The molecule has 1 heterocycles. The third-order valence-electron chi connectivity index (χ3n) is 2.61. The van der Waals surface area contributed by atoms with Crippen LogP contribution >= 0.6 is 27.3 Å². The maximum Gasteiger partial charge on any atom is 0.271 e. The number of nitrogens with one attached hydrogen (secondary N) is 1. The minimum atomic E-state index is -3.61. The molecule has 22 heavy (non-hydrogen) atoms. The first kappa shape index (κ1) is 17.1. The van der Waals surface area contributed by atoms with Gasteiger partial charge >= 0.3 is 0 Å². The minimum absolute atomic E-state index is 0.242. The lowest BCUT2D eigenvalue weighted by molar-refractivity contribution is 0.288. The van der Waals surface area contributed by atoms with E-state index in [9.17, 15) is 8.42 Å². The summed E-state index contributed by atoms with van der Waals surface area (Å²) < 4.78 is 39.1. The van der Waals surface area contributed by atoms with Crippen LogP contribution in [0.4, 0.5) is 5.69 Å². The van der Waals surface area contributed by atoms with E-state index < -0.39 is 10.0 Å². The van der Waals surface area contributed by atoms with E-state index in [2.05, 4.69) is 20.7 Å². The van der Waals surface area contributed by atoms with Gasteiger partial charge in [0.05, 0.1) is 22.7 Å². The van der Waals surface area contributed by atoms with Crippen molar-refractivity contribution in [2.24, 2.45) is 0 Å². The molecule has 2 rings (SSSR count). The number of halogens is 1. The number of rotatable bonds is 7. The zero-order chi connectivity index (χ0) is 16.2. The van der Waals surface area contributed by atoms with Crippen LogP contribution in [0.3, 0.4) is 0 Å². The molecule has 5 nitrogen and oxygen atoms in total. The van der Waals surface area contributed by atoms with Crippen molar-refractivity contribution in [1.82, 2.24) is 0 Å². The Bertz CT molecular complexity index is 743. The van der Waals surface area contributed by atoms with E-state index in [0.29, 0.717) is 30.4 Å².